The van der Waals surface area contributed by atoms with Gasteiger partial charge in [0.05, 0.1) is 6.61 Å². The first-order chi connectivity index (χ1) is 10.7. The molecule has 1 aliphatic heterocycles. The zero-order valence-electron chi connectivity index (χ0n) is 14.3. The van der Waals surface area contributed by atoms with Crippen LogP contribution in [0.2, 0.25) is 0 Å². The monoisotopic (exact) mass is 329 g/mol. The minimum atomic E-state index is 0.275. The van der Waals surface area contributed by atoms with Gasteiger partial charge in [-0.15, -0.1) is 0 Å². The van der Waals surface area contributed by atoms with E-state index in [9.17, 15) is 0 Å². The Bertz CT molecular complexity index is 355. The van der Waals surface area contributed by atoms with Gasteiger partial charge in [0.15, 0.2) is 5.96 Å². The van der Waals surface area contributed by atoms with Gasteiger partial charge in [0.1, 0.15) is 0 Å². The molecule has 1 aliphatic carbocycles. The standard InChI is InChI=1S/C16H31N3O2S/c1-17-15(19(2)8-11-21-12-14-4-5-14)18-13-16(22-3)6-9-20-10-7-16/h14H,4-13H2,1-3H3,(H,17,18). The quantitative estimate of drug-likeness (QED) is 0.418. The lowest BCUT2D eigenvalue weighted by Gasteiger charge is -2.36. The molecule has 0 bridgehead atoms. The lowest BCUT2D eigenvalue weighted by molar-refractivity contribution is 0.0780. The van der Waals surface area contributed by atoms with Crippen molar-refractivity contribution in [1.82, 2.24) is 10.2 Å². The summed E-state index contributed by atoms with van der Waals surface area (Å²) in [7, 11) is 3.92. The summed E-state index contributed by atoms with van der Waals surface area (Å²) in [4.78, 5) is 6.55. The molecule has 0 aromatic carbocycles. The molecule has 0 amide bonds. The number of hydrogen-bond donors (Lipinski definition) is 1. The Balaban J connectivity index is 1.70. The Hall–Kier alpha value is -0.460. The maximum atomic E-state index is 5.71. The Morgan fingerprint density at radius 2 is 2.14 bits per heavy atom. The van der Waals surface area contributed by atoms with Crippen molar-refractivity contribution in [2.45, 2.75) is 30.4 Å². The van der Waals surface area contributed by atoms with Gasteiger partial charge in [-0.05, 0) is 37.9 Å². The zero-order chi connectivity index (χ0) is 15.8. The molecule has 2 rings (SSSR count). The molecule has 0 atom stereocenters. The van der Waals surface area contributed by atoms with Crippen LogP contribution in [-0.4, -0.2) is 75.5 Å². The summed E-state index contributed by atoms with van der Waals surface area (Å²) in [5.74, 6) is 1.78. The summed E-state index contributed by atoms with van der Waals surface area (Å²) in [5.41, 5.74) is 0. The van der Waals surface area contributed by atoms with Crippen molar-refractivity contribution in [3.8, 4) is 0 Å². The molecule has 128 valence electrons. The number of rotatable bonds is 8. The number of aliphatic imine (C=N–C) groups is 1. The molecule has 1 N–H and O–H groups in total. The van der Waals surface area contributed by atoms with E-state index in [0.717, 1.165) is 64.2 Å². The van der Waals surface area contributed by atoms with E-state index in [1.165, 1.54) is 12.8 Å². The third-order valence-corrected chi connectivity index (χ3v) is 6.02. The summed E-state index contributed by atoms with van der Waals surface area (Å²) in [6, 6.07) is 0. The normalized spacial score (nSPS) is 21.7. The van der Waals surface area contributed by atoms with Crippen molar-refractivity contribution in [3.05, 3.63) is 0 Å². The number of nitrogens with zero attached hydrogens (tertiary/aromatic N) is 2. The van der Waals surface area contributed by atoms with E-state index in [0.29, 0.717) is 0 Å². The molecule has 0 unspecified atom stereocenters. The smallest absolute Gasteiger partial charge is 0.193 e. The van der Waals surface area contributed by atoms with Crippen molar-refractivity contribution in [2.75, 3.05) is 59.9 Å². The lowest BCUT2D eigenvalue weighted by atomic mass is 9.99. The second-order valence-electron chi connectivity index (χ2n) is 6.34. The largest absolute Gasteiger partial charge is 0.381 e. The van der Waals surface area contributed by atoms with Gasteiger partial charge in [0.25, 0.3) is 0 Å². The number of hydrogen-bond acceptors (Lipinski definition) is 4. The number of guanidine groups is 1. The molecule has 5 nitrogen and oxygen atoms in total. The molecule has 22 heavy (non-hydrogen) atoms. The van der Waals surface area contributed by atoms with E-state index in [4.69, 9.17) is 9.47 Å². The van der Waals surface area contributed by atoms with Crippen molar-refractivity contribution >= 4 is 17.7 Å². The summed E-state index contributed by atoms with van der Waals surface area (Å²) >= 11 is 1.95. The van der Waals surface area contributed by atoms with E-state index < -0.39 is 0 Å². The summed E-state index contributed by atoms with van der Waals surface area (Å²) in [6.07, 6.45) is 7.10. The highest BCUT2D eigenvalue weighted by Gasteiger charge is 2.32. The highest BCUT2D eigenvalue weighted by Crippen LogP contribution is 2.33. The Morgan fingerprint density at radius 3 is 2.73 bits per heavy atom. The number of nitrogens with one attached hydrogen (secondary N) is 1. The molecular weight excluding hydrogens is 298 g/mol. The highest BCUT2D eigenvalue weighted by atomic mass is 32.2. The maximum Gasteiger partial charge on any atom is 0.193 e. The number of thioether (sulfide) groups is 1. The molecule has 1 heterocycles. The van der Waals surface area contributed by atoms with Gasteiger partial charge in [-0.2, -0.15) is 11.8 Å². The van der Waals surface area contributed by atoms with Gasteiger partial charge in [-0.25, -0.2) is 0 Å². The van der Waals surface area contributed by atoms with Crippen molar-refractivity contribution in [2.24, 2.45) is 10.9 Å². The molecule has 2 fully saturated rings. The maximum absolute atomic E-state index is 5.71. The minimum Gasteiger partial charge on any atom is -0.381 e. The van der Waals surface area contributed by atoms with E-state index in [2.05, 4.69) is 28.5 Å². The SMILES string of the molecule is CN=C(NCC1(SC)CCOCC1)N(C)CCOCC1CC1. The second kappa shape index (κ2) is 8.99. The minimum absolute atomic E-state index is 0.275. The first kappa shape index (κ1) is 17.9. The van der Waals surface area contributed by atoms with Gasteiger partial charge in [-0.1, -0.05) is 0 Å². The molecular formula is C16H31N3O2S. The average Bonchev–Trinajstić information content (AvgIpc) is 3.37. The van der Waals surface area contributed by atoms with Crippen LogP contribution >= 0.6 is 11.8 Å². The van der Waals surface area contributed by atoms with Crippen LogP contribution in [0.15, 0.2) is 4.99 Å². The van der Waals surface area contributed by atoms with Gasteiger partial charge in [0.2, 0.25) is 0 Å². The van der Waals surface area contributed by atoms with Crippen molar-refractivity contribution in [3.63, 3.8) is 0 Å². The van der Waals surface area contributed by atoms with Crippen molar-refractivity contribution < 1.29 is 9.47 Å². The Labute approximate surface area is 139 Å². The van der Waals surface area contributed by atoms with Crippen LogP contribution < -0.4 is 5.32 Å². The topological polar surface area (TPSA) is 46.1 Å². The molecule has 1 saturated heterocycles. The van der Waals surface area contributed by atoms with Crippen LogP contribution in [0.4, 0.5) is 0 Å². The van der Waals surface area contributed by atoms with Crippen LogP contribution in [0.3, 0.4) is 0 Å². The second-order valence-corrected chi connectivity index (χ2v) is 7.61. The Kier molecular flexibility index (Phi) is 7.31. The predicted molar refractivity (Wildman–Crippen MR) is 93.8 cm³/mol. The van der Waals surface area contributed by atoms with Crippen LogP contribution in [0.25, 0.3) is 0 Å². The van der Waals surface area contributed by atoms with Crippen LogP contribution in [0.1, 0.15) is 25.7 Å². The summed E-state index contributed by atoms with van der Waals surface area (Å²) < 4.78 is 11.5. The van der Waals surface area contributed by atoms with Gasteiger partial charge in [-0.3, -0.25) is 4.99 Å². The first-order valence-electron chi connectivity index (χ1n) is 8.31. The lowest BCUT2D eigenvalue weighted by Crippen LogP contribution is -2.48. The zero-order valence-corrected chi connectivity index (χ0v) is 15.1. The molecule has 0 aromatic heterocycles. The first-order valence-corrected chi connectivity index (χ1v) is 9.54. The molecule has 1 saturated carbocycles. The third-order valence-electron chi connectivity index (χ3n) is 4.60. The van der Waals surface area contributed by atoms with Crippen LogP contribution in [0, 0.1) is 5.92 Å². The summed E-state index contributed by atoms with van der Waals surface area (Å²) in [6.45, 7) is 5.25. The molecule has 0 radical (unpaired) electrons. The fourth-order valence-electron chi connectivity index (χ4n) is 2.66. The summed E-state index contributed by atoms with van der Waals surface area (Å²) in [5, 5.41) is 3.54. The van der Waals surface area contributed by atoms with E-state index in [1.807, 2.05) is 18.8 Å². The molecule has 6 heteroatoms. The van der Waals surface area contributed by atoms with Gasteiger partial charge >= 0.3 is 0 Å². The molecule has 0 spiro atoms. The molecule has 2 aliphatic rings. The Morgan fingerprint density at radius 1 is 1.41 bits per heavy atom. The van der Waals surface area contributed by atoms with Crippen LogP contribution in [0.5, 0.6) is 0 Å². The van der Waals surface area contributed by atoms with E-state index in [1.54, 1.807) is 0 Å². The van der Waals surface area contributed by atoms with E-state index in [-0.39, 0.29) is 4.75 Å². The third kappa shape index (κ3) is 5.63. The van der Waals surface area contributed by atoms with E-state index >= 15 is 0 Å². The fourth-order valence-corrected chi connectivity index (χ4v) is 3.45. The fraction of sp³-hybridized carbons (Fsp3) is 0.938. The van der Waals surface area contributed by atoms with Crippen molar-refractivity contribution in [1.29, 1.82) is 0 Å². The van der Waals surface area contributed by atoms with Gasteiger partial charge < -0.3 is 19.7 Å². The average molecular weight is 330 g/mol. The molecule has 0 aromatic rings. The highest BCUT2D eigenvalue weighted by molar-refractivity contribution is 8.00. The number of likely N-dealkylation sites (N-methyl/N-ethyl adjacent to an activating group) is 1. The van der Waals surface area contributed by atoms with Crippen LogP contribution in [-0.2, 0) is 9.47 Å². The number of ether oxygens (including phenoxy) is 2. The van der Waals surface area contributed by atoms with Gasteiger partial charge in [0, 0.05) is 51.8 Å². The predicted octanol–water partition coefficient (Wildman–Crippen LogP) is 1.83.